The highest BCUT2D eigenvalue weighted by atomic mass is 19.1. The lowest BCUT2D eigenvalue weighted by Gasteiger charge is -2.06. The summed E-state index contributed by atoms with van der Waals surface area (Å²) in [4.78, 5) is 30.6. The topological polar surface area (TPSA) is 86.9 Å². The molecule has 1 aliphatic rings. The van der Waals surface area contributed by atoms with Gasteiger partial charge in [-0.1, -0.05) is 11.8 Å². The molecule has 1 aromatic heterocycles. The lowest BCUT2D eigenvalue weighted by molar-refractivity contribution is -0.119. The van der Waals surface area contributed by atoms with Gasteiger partial charge in [-0.25, -0.2) is 9.37 Å². The average Bonchev–Trinajstić information content (AvgIpc) is 3.10. The molecule has 7 heteroatoms. The van der Waals surface area contributed by atoms with Gasteiger partial charge in [-0.2, -0.15) is 0 Å². The van der Waals surface area contributed by atoms with E-state index in [1.165, 1.54) is 25.4 Å². The predicted molar refractivity (Wildman–Crippen MR) is 96.4 cm³/mol. The van der Waals surface area contributed by atoms with Crippen LogP contribution in [0.5, 0.6) is 0 Å². The summed E-state index contributed by atoms with van der Waals surface area (Å²) in [5.41, 5.74) is 2.69. The van der Waals surface area contributed by atoms with Crippen molar-refractivity contribution in [3.05, 3.63) is 46.8 Å². The highest BCUT2D eigenvalue weighted by molar-refractivity contribution is 6.35. The fraction of sp³-hybridized carbons (Fsp3) is 0.211. The van der Waals surface area contributed by atoms with E-state index in [1.807, 2.05) is 6.92 Å². The van der Waals surface area contributed by atoms with Crippen molar-refractivity contribution in [1.29, 1.82) is 0 Å². The Balaban J connectivity index is 2.10. The Hall–Kier alpha value is -3.40. The molecule has 1 unspecified atom stereocenters. The summed E-state index contributed by atoms with van der Waals surface area (Å²) in [5, 5.41) is 5.34. The molecule has 0 fully saturated rings. The van der Waals surface area contributed by atoms with Gasteiger partial charge in [0.05, 0.1) is 34.9 Å². The first-order valence-electron chi connectivity index (χ1n) is 8.01. The third-order valence-electron chi connectivity index (χ3n) is 3.90. The van der Waals surface area contributed by atoms with Crippen molar-refractivity contribution in [2.24, 2.45) is 0 Å². The summed E-state index contributed by atoms with van der Waals surface area (Å²) < 4.78 is 14.4. The van der Waals surface area contributed by atoms with Crippen LogP contribution in [0, 0.1) is 24.6 Å². The van der Waals surface area contributed by atoms with E-state index in [4.69, 9.17) is 0 Å². The van der Waals surface area contributed by atoms with E-state index >= 15 is 0 Å². The van der Waals surface area contributed by atoms with Crippen molar-refractivity contribution in [2.45, 2.75) is 26.8 Å². The van der Waals surface area contributed by atoms with Crippen LogP contribution >= 0.6 is 0 Å². The van der Waals surface area contributed by atoms with Crippen molar-refractivity contribution < 1.29 is 14.0 Å². The van der Waals surface area contributed by atoms with Crippen molar-refractivity contribution in [1.82, 2.24) is 15.3 Å². The summed E-state index contributed by atoms with van der Waals surface area (Å²) in [6, 6.07) is 2.31. The molecule has 0 bridgehead atoms. The SMILES string of the molecule is CC(=O)NC(C)C#Cc1c(F)ccc2c1C(=Cc1nc[nH]c1C)C(=O)N2. The summed E-state index contributed by atoms with van der Waals surface area (Å²) in [5.74, 6) is 4.46. The summed E-state index contributed by atoms with van der Waals surface area (Å²) in [6.07, 6.45) is 3.13. The van der Waals surface area contributed by atoms with Crippen LogP contribution in [0.1, 0.15) is 36.4 Å². The zero-order chi connectivity index (χ0) is 18.8. The number of imidazole rings is 1. The number of amides is 2. The van der Waals surface area contributed by atoms with Gasteiger partial charge in [0, 0.05) is 18.2 Å². The van der Waals surface area contributed by atoms with E-state index in [0.29, 0.717) is 22.5 Å². The van der Waals surface area contributed by atoms with Crippen LogP contribution in [0.4, 0.5) is 10.1 Å². The van der Waals surface area contributed by atoms with Gasteiger partial charge in [0.2, 0.25) is 5.91 Å². The first kappa shape index (κ1) is 17.4. The standard InChI is InChI=1S/C19H17FN4O2/c1-10(23-12(3)25)4-5-13-15(20)6-7-16-18(13)14(19(26)24-16)8-17-11(2)21-9-22-17/h6-10H,1-3H3,(H,21,22)(H,23,25)(H,24,26). The molecule has 1 atom stereocenters. The van der Waals surface area contributed by atoms with Gasteiger partial charge in [-0.3, -0.25) is 9.59 Å². The second-order valence-corrected chi connectivity index (χ2v) is 5.96. The van der Waals surface area contributed by atoms with Crippen molar-refractivity contribution in [2.75, 3.05) is 5.32 Å². The Labute approximate surface area is 149 Å². The van der Waals surface area contributed by atoms with E-state index in [9.17, 15) is 14.0 Å². The number of benzene rings is 1. The number of nitrogens with zero attached hydrogens (tertiary/aromatic N) is 1. The third kappa shape index (κ3) is 3.35. The predicted octanol–water partition coefficient (Wildman–Crippen LogP) is 2.23. The molecule has 1 aromatic carbocycles. The number of aromatic nitrogens is 2. The van der Waals surface area contributed by atoms with Crippen molar-refractivity contribution >= 4 is 29.2 Å². The van der Waals surface area contributed by atoms with Crippen LogP contribution < -0.4 is 10.6 Å². The number of carbonyl (C=O) groups is 2. The zero-order valence-corrected chi connectivity index (χ0v) is 14.5. The monoisotopic (exact) mass is 352 g/mol. The maximum Gasteiger partial charge on any atom is 0.256 e. The molecule has 0 saturated carbocycles. The molecular weight excluding hydrogens is 335 g/mol. The van der Waals surface area contributed by atoms with E-state index in [-0.39, 0.29) is 17.4 Å². The number of nitrogens with one attached hydrogen (secondary N) is 3. The summed E-state index contributed by atoms with van der Waals surface area (Å²) >= 11 is 0. The quantitative estimate of drug-likeness (QED) is 0.572. The maximum absolute atomic E-state index is 14.4. The minimum atomic E-state index is -0.535. The second-order valence-electron chi connectivity index (χ2n) is 5.96. The van der Waals surface area contributed by atoms with Crippen LogP contribution in [0.3, 0.4) is 0 Å². The van der Waals surface area contributed by atoms with Gasteiger partial charge in [0.15, 0.2) is 0 Å². The van der Waals surface area contributed by atoms with Crippen molar-refractivity contribution in [3.8, 4) is 11.8 Å². The number of H-pyrrole nitrogens is 1. The van der Waals surface area contributed by atoms with E-state index < -0.39 is 11.9 Å². The van der Waals surface area contributed by atoms with Gasteiger partial charge in [-0.05, 0) is 32.1 Å². The Kier molecular flexibility index (Phi) is 4.59. The van der Waals surface area contributed by atoms with Crippen LogP contribution in [0.15, 0.2) is 18.5 Å². The second kappa shape index (κ2) is 6.84. The highest BCUT2D eigenvalue weighted by Crippen LogP contribution is 2.36. The number of aromatic amines is 1. The largest absolute Gasteiger partial charge is 0.348 e. The Bertz CT molecular complexity index is 995. The molecule has 0 spiro atoms. The smallest absolute Gasteiger partial charge is 0.256 e. The molecule has 2 aromatic rings. The molecule has 26 heavy (non-hydrogen) atoms. The maximum atomic E-state index is 14.4. The molecular formula is C19H17FN4O2. The molecule has 2 heterocycles. The van der Waals surface area contributed by atoms with Crippen LogP contribution in [-0.4, -0.2) is 27.8 Å². The molecule has 0 aliphatic carbocycles. The molecule has 3 N–H and O–H groups in total. The molecule has 132 valence electrons. The van der Waals surface area contributed by atoms with Crippen LogP contribution in [-0.2, 0) is 9.59 Å². The fourth-order valence-electron chi connectivity index (χ4n) is 2.70. The van der Waals surface area contributed by atoms with E-state index in [0.717, 1.165) is 5.69 Å². The number of hydrogen-bond acceptors (Lipinski definition) is 3. The van der Waals surface area contributed by atoms with Gasteiger partial charge in [0.25, 0.3) is 5.91 Å². The normalized spacial score (nSPS) is 15.1. The fourth-order valence-corrected chi connectivity index (χ4v) is 2.70. The number of hydrogen-bond donors (Lipinski definition) is 3. The van der Waals surface area contributed by atoms with Crippen LogP contribution in [0.2, 0.25) is 0 Å². The third-order valence-corrected chi connectivity index (χ3v) is 3.90. The van der Waals surface area contributed by atoms with E-state index in [1.54, 1.807) is 13.0 Å². The van der Waals surface area contributed by atoms with Crippen molar-refractivity contribution in [3.63, 3.8) is 0 Å². The molecule has 6 nitrogen and oxygen atoms in total. The minimum Gasteiger partial charge on any atom is -0.348 e. The number of aryl methyl sites for hydroxylation is 1. The molecule has 0 radical (unpaired) electrons. The number of halogens is 1. The Morgan fingerprint density at radius 1 is 1.42 bits per heavy atom. The molecule has 2 amide bonds. The summed E-state index contributed by atoms with van der Waals surface area (Å²) in [7, 11) is 0. The Morgan fingerprint density at radius 3 is 2.85 bits per heavy atom. The van der Waals surface area contributed by atoms with Gasteiger partial charge < -0.3 is 15.6 Å². The lowest BCUT2D eigenvalue weighted by Crippen LogP contribution is -2.28. The molecule has 3 rings (SSSR count). The lowest BCUT2D eigenvalue weighted by atomic mass is 9.98. The van der Waals surface area contributed by atoms with E-state index in [2.05, 4.69) is 32.4 Å². The van der Waals surface area contributed by atoms with Gasteiger partial charge in [0.1, 0.15) is 5.82 Å². The zero-order valence-electron chi connectivity index (χ0n) is 14.5. The number of fused-ring (bicyclic) bond motifs is 1. The Morgan fingerprint density at radius 2 is 2.19 bits per heavy atom. The molecule has 1 aliphatic heterocycles. The van der Waals surface area contributed by atoms with Gasteiger partial charge in [-0.15, -0.1) is 0 Å². The van der Waals surface area contributed by atoms with Gasteiger partial charge >= 0.3 is 0 Å². The number of rotatable bonds is 2. The average molecular weight is 352 g/mol. The first-order valence-corrected chi connectivity index (χ1v) is 8.01. The minimum absolute atomic E-state index is 0.109. The number of anilines is 1. The first-order chi connectivity index (χ1) is 12.4. The molecule has 0 saturated heterocycles. The summed E-state index contributed by atoms with van der Waals surface area (Å²) in [6.45, 7) is 4.91. The number of carbonyl (C=O) groups excluding carboxylic acids is 2. The van der Waals surface area contributed by atoms with Crippen LogP contribution in [0.25, 0.3) is 11.6 Å². The highest BCUT2D eigenvalue weighted by Gasteiger charge is 2.28.